The van der Waals surface area contributed by atoms with E-state index in [1.165, 1.54) is 24.2 Å². The van der Waals surface area contributed by atoms with Gasteiger partial charge in [0.1, 0.15) is 15.6 Å². The molecular weight excluding hydrogens is 358 g/mol. The average Bonchev–Trinajstić information content (AvgIpc) is 3.12. The van der Waals surface area contributed by atoms with Gasteiger partial charge in [-0.05, 0) is 38.8 Å². The number of para-hydroxylation sites is 1. The number of carbonyl (C=O) groups is 1. The molecule has 1 aliphatic heterocycles. The van der Waals surface area contributed by atoms with E-state index in [4.69, 9.17) is 0 Å². The molecule has 1 saturated heterocycles. The number of carbonyl (C=O) groups excluding carboxylic acids is 1. The predicted molar refractivity (Wildman–Crippen MR) is 106 cm³/mol. The number of hydrogen-bond donors (Lipinski definition) is 0. The van der Waals surface area contributed by atoms with Crippen molar-refractivity contribution < 1.29 is 4.79 Å². The highest BCUT2D eigenvalue weighted by molar-refractivity contribution is 7.17. The Hall–Kier alpha value is -2.54. The van der Waals surface area contributed by atoms with Crippen LogP contribution in [0.5, 0.6) is 0 Å². The van der Waals surface area contributed by atoms with Crippen molar-refractivity contribution >= 4 is 17.2 Å². The van der Waals surface area contributed by atoms with Gasteiger partial charge in [0.05, 0.1) is 17.1 Å². The van der Waals surface area contributed by atoms with Crippen molar-refractivity contribution in [2.24, 2.45) is 0 Å². The summed E-state index contributed by atoms with van der Waals surface area (Å²) in [6.07, 6.45) is 4.58. The van der Waals surface area contributed by atoms with Gasteiger partial charge >= 0.3 is 0 Å². The van der Waals surface area contributed by atoms with Crippen LogP contribution in [0.4, 0.5) is 0 Å². The summed E-state index contributed by atoms with van der Waals surface area (Å²) in [7, 11) is 0. The molecule has 1 fully saturated rings. The summed E-state index contributed by atoms with van der Waals surface area (Å²) >= 11 is 1.43. The van der Waals surface area contributed by atoms with E-state index in [0.717, 1.165) is 58.6 Å². The second-order valence-electron chi connectivity index (χ2n) is 6.91. The van der Waals surface area contributed by atoms with Gasteiger partial charge in [-0.25, -0.2) is 9.67 Å². The number of thiazole rings is 1. The minimum Gasteiger partial charge on any atom is -0.338 e. The Morgan fingerprint density at radius 1 is 1.04 bits per heavy atom. The van der Waals surface area contributed by atoms with Crippen molar-refractivity contribution in [2.75, 3.05) is 13.1 Å². The highest BCUT2D eigenvalue weighted by Crippen LogP contribution is 2.30. The van der Waals surface area contributed by atoms with E-state index in [9.17, 15) is 4.79 Å². The highest BCUT2D eigenvalue weighted by atomic mass is 32.1. The molecule has 0 atom stereocenters. The maximum atomic E-state index is 13.0. The van der Waals surface area contributed by atoms with Gasteiger partial charge in [0.2, 0.25) is 0 Å². The predicted octanol–water partition coefficient (Wildman–Crippen LogP) is 4.02. The molecule has 0 aliphatic carbocycles. The Kier molecular flexibility index (Phi) is 5.03. The first-order valence-electron chi connectivity index (χ1n) is 9.40. The maximum Gasteiger partial charge on any atom is 0.265 e. The number of benzene rings is 1. The van der Waals surface area contributed by atoms with Crippen molar-refractivity contribution in [1.82, 2.24) is 24.9 Å². The van der Waals surface area contributed by atoms with E-state index < -0.39 is 0 Å². The lowest BCUT2D eigenvalue weighted by atomic mass is 10.2. The normalized spacial score (nSPS) is 15.0. The Balaban J connectivity index is 1.64. The molecule has 27 heavy (non-hydrogen) atoms. The van der Waals surface area contributed by atoms with Crippen molar-refractivity contribution in [1.29, 1.82) is 0 Å². The Morgan fingerprint density at radius 2 is 1.74 bits per heavy atom. The van der Waals surface area contributed by atoms with Crippen molar-refractivity contribution in [3.05, 3.63) is 46.6 Å². The minimum absolute atomic E-state index is 0.103. The standard InChI is InChI=1S/C20H23N5OS/c1-14-18(20(26)24-12-8-3-4-9-13-24)27-19(21-14)17-15(2)25(23-22-17)16-10-6-5-7-11-16/h5-7,10-11H,3-4,8-9,12-13H2,1-2H3. The van der Waals surface area contributed by atoms with Crippen molar-refractivity contribution in [3.8, 4) is 16.4 Å². The largest absolute Gasteiger partial charge is 0.338 e. The molecule has 4 rings (SSSR count). The molecule has 0 N–H and O–H groups in total. The summed E-state index contributed by atoms with van der Waals surface area (Å²) in [5, 5.41) is 9.38. The number of aromatic nitrogens is 4. The third kappa shape index (κ3) is 3.51. The Morgan fingerprint density at radius 3 is 2.44 bits per heavy atom. The maximum absolute atomic E-state index is 13.0. The third-order valence-corrected chi connectivity index (χ3v) is 6.13. The zero-order valence-corrected chi connectivity index (χ0v) is 16.5. The number of amides is 1. The summed E-state index contributed by atoms with van der Waals surface area (Å²) < 4.78 is 1.81. The number of rotatable bonds is 3. The molecule has 7 heteroatoms. The summed E-state index contributed by atoms with van der Waals surface area (Å²) in [5.74, 6) is 0.103. The fraction of sp³-hybridized carbons (Fsp3) is 0.400. The molecule has 3 heterocycles. The van der Waals surface area contributed by atoms with Gasteiger partial charge < -0.3 is 4.90 Å². The molecule has 3 aromatic rings. The van der Waals surface area contributed by atoms with Crippen LogP contribution in [0.2, 0.25) is 0 Å². The van der Waals surface area contributed by atoms with E-state index in [-0.39, 0.29) is 5.91 Å². The fourth-order valence-electron chi connectivity index (χ4n) is 3.45. The van der Waals surface area contributed by atoms with Gasteiger partial charge in [-0.2, -0.15) is 0 Å². The number of hydrogen-bond acceptors (Lipinski definition) is 5. The molecular formula is C20H23N5OS. The SMILES string of the molecule is Cc1nc(-c2nnn(-c3ccccc3)c2C)sc1C(=O)N1CCCCCC1. The topological polar surface area (TPSA) is 63.9 Å². The van der Waals surface area contributed by atoms with Crippen LogP contribution >= 0.6 is 11.3 Å². The van der Waals surface area contributed by atoms with Crippen molar-refractivity contribution in [3.63, 3.8) is 0 Å². The van der Waals surface area contributed by atoms with E-state index >= 15 is 0 Å². The first kappa shape index (κ1) is 17.9. The fourth-order valence-corrected chi connectivity index (χ4v) is 4.53. The molecule has 140 valence electrons. The van der Waals surface area contributed by atoms with Gasteiger partial charge in [0, 0.05) is 13.1 Å². The zero-order chi connectivity index (χ0) is 18.8. The molecule has 2 aromatic heterocycles. The smallest absolute Gasteiger partial charge is 0.265 e. The van der Waals surface area contributed by atoms with Crippen LogP contribution in [0, 0.1) is 13.8 Å². The van der Waals surface area contributed by atoms with Crippen LogP contribution in [0.3, 0.4) is 0 Å². The summed E-state index contributed by atoms with van der Waals surface area (Å²) in [6, 6.07) is 9.91. The molecule has 6 nitrogen and oxygen atoms in total. The van der Waals surface area contributed by atoms with Gasteiger partial charge in [-0.15, -0.1) is 16.4 Å². The monoisotopic (exact) mass is 381 g/mol. The van der Waals surface area contributed by atoms with Crippen LogP contribution in [0.1, 0.15) is 46.7 Å². The molecule has 1 amide bonds. The van der Waals surface area contributed by atoms with Gasteiger partial charge in [0.15, 0.2) is 0 Å². The number of nitrogens with zero attached hydrogens (tertiary/aromatic N) is 5. The highest BCUT2D eigenvalue weighted by Gasteiger charge is 2.24. The van der Waals surface area contributed by atoms with E-state index in [2.05, 4.69) is 15.3 Å². The van der Waals surface area contributed by atoms with E-state index in [1.54, 1.807) is 0 Å². The zero-order valence-electron chi connectivity index (χ0n) is 15.7. The summed E-state index contributed by atoms with van der Waals surface area (Å²) in [6.45, 7) is 5.57. The number of likely N-dealkylation sites (tertiary alicyclic amines) is 1. The third-order valence-electron chi connectivity index (χ3n) is 4.98. The molecule has 1 aliphatic rings. The average molecular weight is 382 g/mol. The van der Waals surface area contributed by atoms with Gasteiger partial charge in [-0.1, -0.05) is 36.3 Å². The summed E-state index contributed by atoms with van der Waals surface area (Å²) in [5.41, 5.74) is 3.39. The molecule has 0 spiro atoms. The quantitative estimate of drug-likeness (QED) is 0.687. The number of aryl methyl sites for hydroxylation is 1. The van der Waals surface area contributed by atoms with E-state index in [0.29, 0.717) is 0 Å². The molecule has 0 saturated carbocycles. The van der Waals surface area contributed by atoms with Gasteiger partial charge in [0.25, 0.3) is 5.91 Å². The lowest BCUT2D eigenvalue weighted by Crippen LogP contribution is -2.31. The second kappa shape index (κ2) is 7.60. The minimum atomic E-state index is 0.103. The van der Waals surface area contributed by atoms with Crippen LogP contribution < -0.4 is 0 Å². The van der Waals surface area contributed by atoms with Crippen molar-refractivity contribution in [2.45, 2.75) is 39.5 Å². The first-order chi connectivity index (χ1) is 13.1. The van der Waals surface area contributed by atoms with E-state index in [1.807, 2.05) is 53.8 Å². The Labute approximate surface area is 162 Å². The Bertz CT molecular complexity index is 939. The van der Waals surface area contributed by atoms with Crippen LogP contribution in [0.15, 0.2) is 30.3 Å². The summed E-state index contributed by atoms with van der Waals surface area (Å²) in [4.78, 5) is 20.3. The lowest BCUT2D eigenvalue weighted by Gasteiger charge is -2.19. The molecule has 0 radical (unpaired) electrons. The molecule has 1 aromatic carbocycles. The van der Waals surface area contributed by atoms with Crippen LogP contribution in [0.25, 0.3) is 16.4 Å². The van der Waals surface area contributed by atoms with Crippen LogP contribution in [-0.2, 0) is 0 Å². The second-order valence-corrected chi connectivity index (χ2v) is 7.91. The first-order valence-corrected chi connectivity index (χ1v) is 10.2. The molecule has 0 unspecified atom stereocenters. The van der Waals surface area contributed by atoms with Gasteiger partial charge in [-0.3, -0.25) is 4.79 Å². The lowest BCUT2D eigenvalue weighted by molar-refractivity contribution is 0.0765. The molecule has 0 bridgehead atoms. The van der Waals surface area contributed by atoms with Crippen LogP contribution in [-0.4, -0.2) is 43.9 Å².